The average Bonchev–Trinajstić information content (AvgIpc) is 3.15. The molecule has 0 spiro atoms. The summed E-state index contributed by atoms with van der Waals surface area (Å²) < 4.78 is 0. The van der Waals surface area contributed by atoms with Crippen LogP contribution >= 0.6 is 11.8 Å². The Morgan fingerprint density at radius 3 is 2.96 bits per heavy atom. The minimum absolute atomic E-state index is 0.0140. The number of unbranched alkanes of at least 4 members (excludes halogenated alkanes) is 1. The van der Waals surface area contributed by atoms with E-state index >= 15 is 0 Å². The molecule has 8 nitrogen and oxygen atoms in total. The number of carbonyl (C=O) groups is 1. The first-order valence-corrected chi connectivity index (χ1v) is 9.23. The molecule has 0 saturated carbocycles. The highest BCUT2D eigenvalue weighted by Crippen LogP contribution is 2.21. The maximum absolute atomic E-state index is 12.1. The zero-order chi connectivity index (χ0) is 18.2. The molecule has 1 saturated heterocycles. The number of nitrogens with zero attached hydrogens (tertiary/aromatic N) is 3. The summed E-state index contributed by atoms with van der Waals surface area (Å²) in [5, 5.41) is 22.9. The zero-order valence-corrected chi connectivity index (χ0v) is 14.6. The Labute approximate surface area is 150 Å². The summed E-state index contributed by atoms with van der Waals surface area (Å²) in [5.41, 5.74) is 6.66. The second-order valence-electron chi connectivity index (χ2n) is 5.77. The third-order valence-corrected chi connectivity index (χ3v) is 4.94. The summed E-state index contributed by atoms with van der Waals surface area (Å²) in [7, 11) is 0. The summed E-state index contributed by atoms with van der Waals surface area (Å²) in [4.78, 5) is 24.1. The Bertz CT molecular complexity index is 670. The quantitative estimate of drug-likeness (QED) is 0.410. The molecule has 0 bridgehead atoms. The van der Waals surface area contributed by atoms with Gasteiger partial charge in [0.15, 0.2) is 0 Å². The van der Waals surface area contributed by atoms with Crippen LogP contribution in [-0.4, -0.2) is 46.5 Å². The number of carbonyl (C=O) groups excluding carboxylic acids is 1. The zero-order valence-electron chi connectivity index (χ0n) is 13.8. The number of nitrogens with one attached hydrogen (secondary N) is 1. The first-order valence-electron chi connectivity index (χ1n) is 8.07. The van der Waals surface area contributed by atoms with Crippen molar-refractivity contribution in [3.05, 3.63) is 33.9 Å². The monoisotopic (exact) mass is 363 g/mol. The largest absolute Gasteiger partial charge is 0.384 e. The van der Waals surface area contributed by atoms with E-state index in [4.69, 9.17) is 11.0 Å². The number of non-ortho nitro benzene ring substituents is 1. The van der Waals surface area contributed by atoms with Gasteiger partial charge in [-0.05, 0) is 25.3 Å². The highest BCUT2D eigenvalue weighted by Gasteiger charge is 2.23. The van der Waals surface area contributed by atoms with Crippen LogP contribution in [0.1, 0.15) is 24.8 Å². The maximum Gasteiger partial charge on any atom is 0.270 e. The lowest BCUT2D eigenvalue weighted by Gasteiger charge is -2.19. The molecule has 1 heterocycles. The molecule has 2 rings (SSSR count). The van der Waals surface area contributed by atoms with Gasteiger partial charge in [-0.3, -0.25) is 14.9 Å². The van der Waals surface area contributed by atoms with Crippen molar-refractivity contribution in [2.75, 3.05) is 30.0 Å². The van der Waals surface area contributed by atoms with Crippen LogP contribution in [0.25, 0.3) is 0 Å². The molecule has 1 amide bonds. The van der Waals surface area contributed by atoms with Gasteiger partial charge in [-0.2, -0.15) is 5.26 Å². The molecule has 0 aliphatic carbocycles. The molecule has 3 N–H and O–H groups in total. The van der Waals surface area contributed by atoms with Crippen molar-refractivity contribution in [3.63, 3.8) is 0 Å². The molecule has 1 unspecified atom stereocenters. The molecule has 134 valence electrons. The van der Waals surface area contributed by atoms with Crippen LogP contribution in [0.3, 0.4) is 0 Å². The van der Waals surface area contributed by atoms with E-state index < -0.39 is 11.0 Å². The predicted octanol–water partition coefficient (Wildman–Crippen LogP) is 1.91. The number of rotatable bonds is 8. The van der Waals surface area contributed by atoms with Crippen molar-refractivity contribution in [1.82, 2.24) is 4.90 Å². The third kappa shape index (κ3) is 5.34. The van der Waals surface area contributed by atoms with Gasteiger partial charge in [0.05, 0.1) is 28.1 Å². The SMILES string of the molecule is N#Cc1cc([N+](=O)[O-])ccc1NCCCCC(N)C(=O)N1CCSC1. The Morgan fingerprint density at radius 2 is 2.32 bits per heavy atom. The third-order valence-electron chi connectivity index (χ3n) is 3.97. The molecule has 1 aromatic rings. The van der Waals surface area contributed by atoms with Gasteiger partial charge in [0, 0.05) is 31.0 Å². The average molecular weight is 363 g/mol. The fourth-order valence-corrected chi connectivity index (χ4v) is 3.51. The smallest absolute Gasteiger partial charge is 0.270 e. The Balaban J connectivity index is 1.73. The van der Waals surface area contributed by atoms with Crippen molar-refractivity contribution in [2.24, 2.45) is 5.73 Å². The Hall–Kier alpha value is -2.31. The van der Waals surface area contributed by atoms with Crippen LogP contribution < -0.4 is 11.1 Å². The summed E-state index contributed by atoms with van der Waals surface area (Å²) in [5.74, 6) is 1.71. The van der Waals surface area contributed by atoms with Crippen molar-refractivity contribution >= 4 is 29.0 Å². The second-order valence-corrected chi connectivity index (χ2v) is 6.84. The number of anilines is 1. The lowest BCUT2D eigenvalue weighted by atomic mass is 10.1. The van der Waals surface area contributed by atoms with Gasteiger partial charge in [-0.1, -0.05) is 0 Å². The summed E-state index contributed by atoms with van der Waals surface area (Å²) >= 11 is 1.73. The number of thioether (sulfide) groups is 1. The molecule has 25 heavy (non-hydrogen) atoms. The Kier molecular flexibility index (Phi) is 7.03. The normalized spacial score (nSPS) is 14.8. The number of amides is 1. The fraction of sp³-hybridized carbons (Fsp3) is 0.500. The predicted molar refractivity (Wildman–Crippen MR) is 97.2 cm³/mol. The number of nitro groups is 1. The van der Waals surface area contributed by atoms with Crippen LogP contribution in [0, 0.1) is 21.4 Å². The van der Waals surface area contributed by atoms with E-state index in [1.54, 1.807) is 16.7 Å². The fourth-order valence-electron chi connectivity index (χ4n) is 2.55. The molecule has 1 aliphatic heterocycles. The number of benzene rings is 1. The molecule has 1 atom stereocenters. The van der Waals surface area contributed by atoms with Crippen molar-refractivity contribution in [1.29, 1.82) is 5.26 Å². The first kappa shape index (κ1) is 19.0. The van der Waals surface area contributed by atoms with Crippen LogP contribution in [-0.2, 0) is 4.79 Å². The molecule has 0 aromatic heterocycles. The minimum atomic E-state index is -0.526. The molecule has 9 heteroatoms. The number of nitriles is 1. The van der Waals surface area contributed by atoms with Gasteiger partial charge in [0.2, 0.25) is 5.91 Å². The molecule has 0 radical (unpaired) electrons. The van der Waals surface area contributed by atoms with Crippen molar-refractivity contribution in [2.45, 2.75) is 25.3 Å². The van der Waals surface area contributed by atoms with Gasteiger partial charge in [0.25, 0.3) is 5.69 Å². The maximum atomic E-state index is 12.1. The summed E-state index contributed by atoms with van der Waals surface area (Å²) in [6.45, 7) is 1.38. The van der Waals surface area contributed by atoms with Gasteiger partial charge in [0.1, 0.15) is 6.07 Å². The topological polar surface area (TPSA) is 125 Å². The minimum Gasteiger partial charge on any atom is -0.384 e. The lowest BCUT2D eigenvalue weighted by Crippen LogP contribution is -2.42. The number of nitrogens with two attached hydrogens (primary N) is 1. The summed E-state index contributed by atoms with van der Waals surface area (Å²) in [6, 6.07) is 5.65. The number of hydrogen-bond donors (Lipinski definition) is 2. The van der Waals surface area contributed by atoms with Crippen LogP contribution in [0.5, 0.6) is 0 Å². The molecule has 1 fully saturated rings. The van der Waals surface area contributed by atoms with Gasteiger partial charge < -0.3 is 16.0 Å². The molecular formula is C16H21N5O3S. The van der Waals surface area contributed by atoms with Crippen LogP contribution in [0.2, 0.25) is 0 Å². The van der Waals surface area contributed by atoms with Gasteiger partial charge >= 0.3 is 0 Å². The number of hydrogen-bond acceptors (Lipinski definition) is 7. The van der Waals surface area contributed by atoms with E-state index in [0.717, 1.165) is 31.0 Å². The van der Waals surface area contributed by atoms with E-state index in [1.165, 1.54) is 18.2 Å². The van der Waals surface area contributed by atoms with E-state index in [1.807, 2.05) is 6.07 Å². The second kappa shape index (κ2) is 9.25. The van der Waals surface area contributed by atoms with Gasteiger partial charge in [-0.25, -0.2) is 0 Å². The van der Waals surface area contributed by atoms with Crippen molar-refractivity contribution in [3.8, 4) is 6.07 Å². The van der Waals surface area contributed by atoms with E-state index in [2.05, 4.69) is 5.32 Å². The highest BCUT2D eigenvalue weighted by atomic mass is 32.2. The summed E-state index contributed by atoms with van der Waals surface area (Å²) in [6.07, 6.45) is 2.19. The molecule has 1 aromatic carbocycles. The van der Waals surface area contributed by atoms with Gasteiger partial charge in [-0.15, -0.1) is 11.8 Å². The van der Waals surface area contributed by atoms with E-state index in [-0.39, 0.29) is 17.2 Å². The van der Waals surface area contributed by atoms with Crippen LogP contribution in [0.4, 0.5) is 11.4 Å². The van der Waals surface area contributed by atoms with E-state index in [9.17, 15) is 14.9 Å². The first-order chi connectivity index (χ1) is 12.0. The van der Waals surface area contributed by atoms with Crippen LogP contribution in [0.15, 0.2) is 18.2 Å². The van der Waals surface area contributed by atoms with Crippen molar-refractivity contribution < 1.29 is 9.72 Å². The molecular weight excluding hydrogens is 342 g/mol. The molecule has 1 aliphatic rings. The standard InChI is InChI=1S/C16H21N5O3S/c17-10-12-9-13(21(23)24)4-5-15(12)19-6-2-1-3-14(18)16(22)20-7-8-25-11-20/h4-5,9,14,19H,1-3,6-8,11,18H2. The number of nitro benzene ring substituents is 1. The van der Waals surface area contributed by atoms with E-state index in [0.29, 0.717) is 18.7 Å². The lowest BCUT2D eigenvalue weighted by molar-refractivity contribution is -0.384. The highest BCUT2D eigenvalue weighted by molar-refractivity contribution is 7.99. The Morgan fingerprint density at radius 1 is 1.52 bits per heavy atom.